The Bertz CT molecular complexity index is 2390. The number of hydrogen-bond acceptors (Lipinski definition) is 22. The van der Waals surface area contributed by atoms with Gasteiger partial charge < -0.3 is 99.2 Å². The Morgan fingerprint density at radius 3 is 1.71 bits per heavy atom. The largest absolute Gasteiger partial charge is 0.479 e. The van der Waals surface area contributed by atoms with Gasteiger partial charge >= 0.3 is 17.9 Å². The molecule has 0 amide bonds. The van der Waals surface area contributed by atoms with Gasteiger partial charge in [-0.3, -0.25) is 0 Å². The van der Waals surface area contributed by atoms with Crippen molar-refractivity contribution < 1.29 is 114 Å². The molecule has 23 heteroatoms. The number of aliphatic hydroxyl groups is 11. The van der Waals surface area contributed by atoms with E-state index >= 15 is 0 Å². The highest BCUT2D eigenvalue weighted by Crippen LogP contribution is 2.76. The van der Waals surface area contributed by atoms with Crippen molar-refractivity contribution in [3.63, 3.8) is 0 Å². The van der Waals surface area contributed by atoms with Crippen molar-refractivity contribution >= 4 is 17.9 Å². The maximum absolute atomic E-state index is 13.9. The van der Waals surface area contributed by atoms with E-state index in [1.54, 1.807) is 39.8 Å². The average Bonchev–Trinajstić information content (AvgIpc) is 3.72. The van der Waals surface area contributed by atoms with Gasteiger partial charge in [0.25, 0.3) is 0 Å². The number of carbonyl (C=O) groups is 3. The van der Waals surface area contributed by atoms with Gasteiger partial charge in [0.1, 0.15) is 67.1 Å². The molecule has 8 aliphatic rings. The molecule has 80 heavy (non-hydrogen) atoms. The summed E-state index contributed by atoms with van der Waals surface area (Å²) < 4.78 is 49.0. The zero-order chi connectivity index (χ0) is 59.3. The Kier molecular flexibility index (Phi) is 17.9. The number of carbonyl (C=O) groups excluding carboxylic acids is 2. The summed E-state index contributed by atoms with van der Waals surface area (Å²) in [5.74, 6) is -4.01. The molecule has 0 aromatic carbocycles. The number of esters is 2. The molecular weight excluding hydrogens is 1050 g/mol. The number of fused-ring (bicyclic) bond motifs is 7. The van der Waals surface area contributed by atoms with E-state index in [1.165, 1.54) is 0 Å². The van der Waals surface area contributed by atoms with Crippen LogP contribution in [0.1, 0.15) is 115 Å². The van der Waals surface area contributed by atoms with Crippen LogP contribution in [0.2, 0.25) is 0 Å². The molecule has 454 valence electrons. The van der Waals surface area contributed by atoms with E-state index in [1.807, 2.05) is 34.6 Å². The van der Waals surface area contributed by atoms with Gasteiger partial charge in [0.2, 0.25) is 0 Å². The van der Waals surface area contributed by atoms with Crippen LogP contribution in [0.25, 0.3) is 0 Å². The molecule has 5 aliphatic carbocycles. The van der Waals surface area contributed by atoms with Crippen molar-refractivity contribution in [2.45, 2.75) is 231 Å². The summed E-state index contributed by atoms with van der Waals surface area (Å²) >= 11 is 0. The molecule has 0 radical (unpaired) electrons. The smallest absolute Gasteiger partial charge is 0.335 e. The fourth-order valence-electron chi connectivity index (χ4n) is 16.2. The molecule has 0 bridgehead atoms. The van der Waals surface area contributed by atoms with Gasteiger partial charge in [0.15, 0.2) is 31.1 Å². The zero-order valence-electron chi connectivity index (χ0n) is 47.7. The van der Waals surface area contributed by atoms with E-state index in [0.717, 1.165) is 5.57 Å². The van der Waals surface area contributed by atoms with Gasteiger partial charge in [-0.2, -0.15) is 0 Å². The molecule has 0 aromatic heterocycles. The molecule has 26 atom stereocenters. The lowest BCUT2D eigenvalue weighted by Gasteiger charge is -2.73. The minimum atomic E-state index is -2.13. The van der Waals surface area contributed by atoms with E-state index < -0.39 is 193 Å². The molecule has 11 unspecified atom stereocenters. The minimum Gasteiger partial charge on any atom is -0.479 e. The van der Waals surface area contributed by atoms with Gasteiger partial charge in [-0.15, -0.1) is 0 Å². The Labute approximate surface area is 466 Å². The molecule has 12 N–H and O–H groups in total. The quantitative estimate of drug-likeness (QED) is 0.0480. The van der Waals surface area contributed by atoms with Gasteiger partial charge in [-0.05, 0) is 100 Å². The van der Waals surface area contributed by atoms with Crippen LogP contribution in [0.5, 0.6) is 0 Å². The first kappa shape index (κ1) is 63.0. The van der Waals surface area contributed by atoms with Crippen molar-refractivity contribution in [1.82, 2.24) is 0 Å². The van der Waals surface area contributed by atoms with E-state index in [-0.39, 0.29) is 23.8 Å². The minimum absolute atomic E-state index is 0.153. The van der Waals surface area contributed by atoms with Crippen LogP contribution >= 0.6 is 0 Å². The summed E-state index contributed by atoms with van der Waals surface area (Å²) in [6, 6.07) is 0. The van der Waals surface area contributed by atoms with Crippen molar-refractivity contribution in [2.75, 3.05) is 19.8 Å². The fraction of sp³-hybridized carbons (Fsp3) is 0.842. The molecule has 8 rings (SSSR count). The molecule has 0 spiro atoms. The van der Waals surface area contributed by atoms with Gasteiger partial charge in [0, 0.05) is 22.0 Å². The Hall–Kier alpha value is -3.05. The molecule has 3 heterocycles. The average molecular weight is 1140 g/mol. The summed E-state index contributed by atoms with van der Waals surface area (Å²) in [7, 11) is 0. The van der Waals surface area contributed by atoms with Crippen molar-refractivity contribution in [3.05, 3.63) is 34.9 Å². The number of carboxylic acids is 1. The van der Waals surface area contributed by atoms with Crippen LogP contribution in [0.3, 0.4) is 0 Å². The molecule has 0 aromatic rings. The summed E-state index contributed by atoms with van der Waals surface area (Å²) in [6.45, 7) is 18.4. The van der Waals surface area contributed by atoms with Crippen LogP contribution in [0.4, 0.5) is 0 Å². The van der Waals surface area contributed by atoms with Gasteiger partial charge in [0.05, 0.1) is 43.5 Å². The standard InChI is InChI=1S/C57H88O23/c1-12-24(3)47(71)79-44-45(80-48(72)25(4)13-2)57(23-60)27(20-52(44,5)6)26-14-15-31-54(9)18-17-32(53(7,8)30(54)16-19-55(31,10)56(26,11)42(67)43(57)68)75-51-41(78-50-37(65)35(63)33(61)28(21-58)73-50)39(38(66)40(77-51)46(69)70)76-49-36(64)34(62)29(22-59)74-49/h12-14,27-45,49-51,58-68H,15-23H2,1-11H3,(H,69,70)/b24-12-,25-13-/t27?,28?,29-,30?,31?,32-,33-,34?,35?,36?,37?,38-,39?,40?,41?,42-,43+,44-,45-,49-,50-,51+,54-,55+,56+,57-/m0/s1. The maximum Gasteiger partial charge on any atom is 0.335 e. The second-order valence-electron chi connectivity index (χ2n) is 26.0. The molecule has 3 saturated heterocycles. The second kappa shape index (κ2) is 22.7. The van der Waals surface area contributed by atoms with E-state index in [2.05, 4.69) is 19.9 Å². The van der Waals surface area contributed by atoms with Crippen molar-refractivity contribution in [3.8, 4) is 0 Å². The first-order chi connectivity index (χ1) is 37.3. The van der Waals surface area contributed by atoms with Crippen LogP contribution in [0.15, 0.2) is 34.9 Å². The van der Waals surface area contributed by atoms with Crippen LogP contribution in [-0.4, -0.2) is 216 Å². The lowest BCUT2D eigenvalue weighted by molar-refractivity contribution is -0.386. The lowest BCUT2D eigenvalue weighted by atomic mass is 9.32. The van der Waals surface area contributed by atoms with E-state index in [9.17, 15) is 75.7 Å². The first-order valence-electron chi connectivity index (χ1n) is 28.1. The second-order valence-corrected chi connectivity index (χ2v) is 26.0. The molecule has 7 fully saturated rings. The lowest BCUT2D eigenvalue weighted by Crippen LogP contribution is -2.76. The third-order valence-electron chi connectivity index (χ3n) is 21.4. The number of ether oxygens (including phenoxy) is 8. The molecule has 23 nitrogen and oxygen atoms in total. The summed E-state index contributed by atoms with van der Waals surface area (Å²) in [5.41, 5.74) is -4.40. The van der Waals surface area contributed by atoms with Gasteiger partial charge in [-0.25, -0.2) is 14.4 Å². The third kappa shape index (κ3) is 9.76. The number of allylic oxidation sites excluding steroid dienone is 3. The number of hydrogen-bond donors (Lipinski definition) is 12. The van der Waals surface area contributed by atoms with Crippen LogP contribution in [0, 0.1) is 50.2 Å². The summed E-state index contributed by atoms with van der Waals surface area (Å²) in [5, 5.41) is 134. The van der Waals surface area contributed by atoms with Crippen molar-refractivity contribution in [2.24, 2.45) is 50.2 Å². The predicted molar refractivity (Wildman–Crippen MR) is 277 cm³/mol. The number of aliphatic carboxylic acids is 1. The Morgan fingerprint density at radius 2 is 1.18 bits per heavy atom. The number of rotatable bonds is 14. The topological polar surface area (TPSA) is 368 Å². The molecular formula is C57H88O23. The monoisotopic (exact) mass is 1140 g/mol. The highest BCUT2D eigenvalue weighted by molar-refractivity contribution is 5.89. The Morgan fingerprint density at radius 1 is 0.637 bits per heavy atom. The van der Waals surface area contributed by atoms with Crippen LogP contribution in [-0.2, 0) is 52.3 Å². The molecule has 3 aliphatic heterocycles. The molecule has 4 saturated carbocycles. The summed E-state index contributed by atoms with van der Waals surface area (Å²) in [4.78, 5) is 40.3. The number of aliphatic hydroxyl groups excluding tert-OH is 11. The Balaban J connectivity index is 1.14. The summed E-state index contributed by atoms with van der Waals surface area (Å²) in [6.07, 6.45) is -24.0. The first-order valence-corrected chi connectivity index (χ1v) is 28.1. The van der Waals surface area contributed by atoms with Crippen LogP contribution < -0.4 is 0 Å². The highest BCUT2D eigenvalue weighted by Gasteiger charge is 2.76. The maximum atomic E-state index is 13.9. The fourth-order valence-corrected chi connectivity index (χ4v) is 16.2. The number of carboxylic acid groups (broad SMARTS) is 1. The van der Waals surface area contributed by atoms with Gasteiger partial charge in [-0.1, -0.05) is 72.3 Å². The zero-order valence-corrected chi connectivity index (χ0v) is 47.7. The van der Waals surface area contributed by atoms with E-state index in [0.29, 0.717) is 37.7 Å². The normalized spacial score (nSPS) is 49.0. The third-order valence-corrected chi connectivity index (χ3v) is 21.4. The predicted octanol–water partition coefficient (Wildman–Crippen LogP) is 0.263. The van der Waals surface area contributed by atoms with E-state index in [4.69, 9.17) is 37.9 Å². The van der Waals surface area contributed by atoms with Crippen molar-refractivity contribution in [1.29, 1.82) is 0 Å². The SMILES string of the molecule is C/C=C(/C)C(=O)O[C@H]1[C@H](OC(=O)/C(C)=C\C)[C@@]2(CO)C(CC1(C)C)C1=CCC3[C@@]4(C)CC[C@H](O[C@@H]5OC(C(=O)O)[C@@H](O)C(O[C@@H]6O[C@@H](CO)C(O)C6O)C5O[C@@H]5OC(CO)[C@H](O)C(O)C5O)C(C)(C)C4CC[C@@]3(C)[C@@]1(C)[C@@H](O)[C@H]2O. The highest BCUT2D eigenvalue weighted by atomic mass is 16.8.